The van der Waals surface area contributed by atoms with Crippen molar-refractivity contribution in [3.05, 3.63) is 23.9 Å². The van der Waals surface area contributed by atoms with Crippen LogP contribution in [-0.4, -0.2) is 35.6 Å². The van der Waals surface area contributed by atoms with Crippen molar-refractivity contribution < 1.29 is 18.3 Å². The van der Waals surface area contributed by atoms with Gasteiger partial charge in [-0.1, -0.05) is 6.42 Å². The number of pyridine rings is 1. The second kappa shape index (κ2) is 5.25. The molecule has 2 atom stereocenters. The highest BCUT2D eigenvalue weighted by Crippen LogP contribution is 2.45. The predicted octanol–water partition coefficient (Wildman–Crippen LogP) is 1.80. The first kappa shape index (κ1) is 14.8. The fourth-order valence-electron chi connectivity index (χ4n) is 3.57. The van der Waals surface area contributed by atoms with E-state index in [9.17, 15) is 13.5 Å². The molecule has 1 N–H and O–H groups in total. The molecule has 3 rings (SSSR count). The monoisotopic (exact) mass is 311 g/mol. The van der Waals surface area contributed by atoms with Crippen LogP contribution in [0.1, 0.15) is 44.6 Å². The molecule has 2 aliphatic heterocycles. The Kier molecular flexibility index (Phi) is 3.69. The van der Waals surface area contributed by atoms with Gasteiger partial charge >= 0.3 is 0 Å². The normalized spacial score (nSPS) is 34.4. The van der Waals surface area contributed by atoms with Gasteiger partial charge in [0.05, 0.1) is 22.7 Å². The first-order chi connectivity index (χ1) is 9.95. The topological polar surface area (TPSA) is 76.5 Å². The van der Waals surface area contributed by atoms with Gasteiger partial charge in [0.15, 0.2) is 9.84 Å². The van der Waals surface area contributed by atoms with Gasteiger partial charge in [0.1, 0.15) is 0 Å². The van der Waals surface area contributed by atoms with E-state index in [2.05, 4.69) is 4.98 Å². The third kappa shape index (κ3) is 2.55. The molecular formula is C15H21NO4S. The van der Waals surface area contributed by atoms with Crippen LogP contribution >= 0.6 is 0 Å². The van der Waals surface area contributed by atoms with Crippen LogP contribution in [0.4, 0.5) is 0 Å². The maximum Gasteiger partial charge on any atom is 0.213 e. The Morgan fingerprint density at radius 1 is 1.33 bits per heavy atom. The zero-order chi connectivity index (χ0) is 15.1. The lowest BCUT2D eigenvalue weighted by Gasteiger charge is -2.43. The zero-order valence-corrected chi connectivity index (χ0v) is 13.0. The first-order valence-electron chi connectivity index (χ1n) is 7.50. The average molecular weight is 311 g/mol. The second-order valence-corrected chi connectivity index (χ2v) is 8.53. The maximum atomic E-state index is 12.3. The molecule has 1 aromatic heterocycles. The third-order valence-corrected chi connectivity index (χ3v) is 7.34. The molecule has 2 fully saturated rings. The van der Waals surface area contributed by atoms with Gasteiger partial charge in [-0.05, 0) is 38.7 Å². The van der Waals surface area contributed by atoms with Crippen LogP contribution in [0, 0.1) is 0 Å². The number of fused-ring (bicyclic) bond motifs is 2. The molecule has 5 nitrogen and oxygen atoms in total. The minimum absolute atomic E-state index is 0.279. The summed E-state index contributed by atoms with van der Waals surface area (Å²) >= 11 is 0. The lowest BCUT2D eigenvalue weighted by molar-refractivity contribution is 0.00464. The molecule has 116 valence electrons. The van der Waals surface area contributed by atoms with Crippen LogP contribution in [0.3, 0.4) is 0 Å². The van der Waals surface area contributed by atoms with Gasteiger partial charge in [0.25, 0.3) is 0 Å². The predicted molar refractivity (Wildman–Crippen MR) is 78.9 cm³/mol. The van der Waals surface area contributed by atoms with Crippen LogP contribution in [0.25, 0.3) is 0 Å². The van der Waals surface area contributed by atoms with Gasteiger partial charge in [-0.15, -0.1) is 0 Å². The highest BCUT2D eigenvalue weighted by atomic mass is 32.2. The SMILES string of the molecule is CCOc1ccc(C2(O)CC3CCCC(C2)S3(=O)=O)cn1. The van der Waals surface area contributed by atoms with E-state index in [0.717, 1.165) is 6.42 Å². The molecule has 6 heteroatoms. The molecule has 3 heterocycles. The fraction of sp³-hybridized carbons (Fsp3) is 0.667. The van der Waals surface area contributed by atoms with Gasteiger partial charge < -0.3 is 9.84 Å². The van der Waals surface area contributed by atoms with E-state index in [0.29, 0.717) is 30.9 Å². The molecule has 1 aromatic rings. The van der Waals surface area contributed by atoms with E-state index >= 15 is 0 Å². The van der Waals surface area contributed by atoms with E-state index in [1.54, 1.807) is 18.3 Å². The van der Waals surface area contributed by atoms with Crippen molar-refractivity contribution in [1.82, 2.24) is 4.98 Å². The molecule has 0 aromatic carbocycles. The molecule has 21 heavy (non-hydrogen) atoms. The van der Waals surface area contributed by atoms with Crippen LogP contribution in [0.5, 0.6) is 5.88 Å². The smallest absolute Gasteiger partial charge is 0.213 e. The summed E-state index contributed by atoms with van der Waals surface area (Å²) in [7, 11) is -3.07. The number of hydrogen-bond donors (Lipinski definition) is 1. The summed E-state index contributed by atoms with van der Waals surface area (Å²) in [4.78, 5) is 4.19. The molecule has 0 radical (unpaired) electrons. The molecule has 0 spiro atoms. The number of ether oxygens (including phenoxy) is 1. The molecule has 0 aliphatic carbocycles. The Labute approximate surface area is 125 Å². The quantitative estimate of drug-likeness (QED) is 0.921. The van der Waals surface area contributed by atoms with Gasteiger partial charge in [0.2, 0.25) is 5.88 Å². The van der Waals surface area contributed by atoms with E-state index in [1.165, 1.54) is 0 Å². The van der Waals surface area contributed by atoms with Crippen molar-refractivity contribution in [2.45, 2.75) is 55.1 Å². The Morgan fingerprint density at radius 3 is 2.52 bits per heavy atom. The van der Waals surface area contributed by atoms with Crippen LogP contribution < -0.4 is 4.74 Å². The van der Waals surface area contributed by atoms with Crippen LogP contribution in [-0.2, 0) is 15.4 Å². The van der Waals surface area contributed by atoms with Gasteiger partial charge in [0, 0.05) is 17.8 Å². The number of aromatic nitrogens is 1. The van der Waals surface area contributed by atoms with Crippen LogP contribution in [0.2, 0.25) is 0 Å². The molecule has 2 aliphatic rings. The lowest BCUT2D eigenvalue weighted by atomic mass is 9.81. The maximum absolute atomic E-state index is 12.3. The molecule has 2 saturated heterocycles. The van der Waals surface area contributed by atoms with Crippen molar-refractivity contribution in [3.8, 4) is 5.88 Å². The van der Waals surface area contributed by atoms with Crippen molar-refractivity contribution in [1.29, 1.82) is 0 Å². The summed E-state index contributed by atoms with van der Waals surface area (Å²) in [5, 5.41) is 10.1. The van der Waals surface area contributed by atoms with Crippen molar-refractivity contribution in [2.24, 2.45) is 0 Å². The van der Waals surface area contributed by atoms with E-state index in [-0.39, 0.29) is 12.8 Å². The average Bonchev–Trinajstić information content (AvgIpc) is 2.42. The fourth-order valence-corrected chi connectivity index (χ4v) is 6.12. The third-order valence-electron chi connectivity index (χ3n) is 4.68. The second-order valence-electron chi connectivity index (χ2n) is 6.02. The Morgan fingerprint density at radius 2 is 2.00 bits per heavy atom. The number of aliphatic hydroxyl groups is 1. The van der Waals surface area contributed by atoms with Gasteiger partial charge in [-0.25, -0.2) is 13.4 Å². The Hall–Kier alpha value is -1.14. The summed E-state index contributed by atoms with van der Waals surface area (Å²) in [5.74, 6) is 0.522. The summed E-state index contributed by atoms with van der Waals surface area (Å²) in [6.07, 6.45) is 4.42. The minimum Gasteiger partial charge on any atom is -0.478 e. The van der Waals surface area contributed by atoms with E-state index in [4.69, 9.17) is 4.74 Å². The molecule has 0 saturated carbocycles. The molecule has 2 bridgehead atoms. The van der Waals surface area contributed by atoms with E-state index in [1.807, 2.05) is 6.92 Å². The number of sulfone groups is 1. The van der Waals surface area contributed by atoms with Crippen molar-refractivity contribution in [2.75, 3.05) is 6.61 Å². The summed E-state index contributed by atoms with van der Waals surface area (Å²) in [5.41, 5.74) is -0.392. The largest absolute Gasteiger partial charge is 0.478 e. The van der Waals surface area contributed by atoms with Gasteiger partial charge in [-0.3, -0.25) is 0 Å². The highest BCUT2D eigenvalue weighted by Gasteiger charge is 2.51. The standard InChI is InChI=1S/C15H21NO4S/c1-2-20-14-7-6-11(10-16-14)15(17)8-12-4-3-5-13(9-15)21(12,18)19/h6-7,10,12-13,17H,2-5,8-9H2,1H3. The molecule has 2 unspecified atom stereocenters. The molecule has 0 amide bonds. The lowest BCUT2D eigenvalue weighted by Crippen LogP contribution is -2.50. The highest BCUT2D eigenvalue weighted by molar-refractivity contribution is 7.92. The summed E-state index contributed by atoms with van der Waals surface area (Å²) in [6, 6.07) is 3.53. The van der Waals surface area contributed by atoms with E-state index < -0.39 is 25.9 Å². The first-order valence-corrected chi connectivity index (χ1v) is 9.11. The van der Waals surface area contributed by atoms with Crippen LogP contribution in [0.15, 0.2) is 18.3 Å². The van der Waals surface area contributed by atoms with Crippen molar-refractivity contribution >= 4 is 9.84 Å². The number of rotatable bonds is 3. The summed E-state index contributed by atoms with van der Waals surface area (Å²) in [6.45, 7) is 2.43. The number of nitrogens with zero attached hydrogens (tertiary/aromatic N) is 1. The minimum atomic E-state index is -3.07. The zero-order valence-electron chi connectivity index (χ0n) is 12.2. The number of hydrogen-bond acceptors (Lipinski definition) is 5. The summed E-state index contributed by atoms with van der Waals surface area (Å²) < 4.78 is 29.9. The van der Waals surface area contributed by atoms with Crippen molar-refractivity contribution in [3.63, 3.8) is 0 Å². The Bertz CT molecular complexity index is 591. The Balaban J connectivity index is 1.88. The van der Waals surface area contributed by atoms with Gasteiger partial charge in [-0.2, -0.15) is 0 Å². The molecular weight excluding hydrogens is 290 g/mol.